The largest absolute Gasteiger partial charge is 0.481 e. The zero-order valence-corrected chi connectivity index (χ0v) is 16.8. The molecular weight excluding hydrogens is 362 g/mol. The molecule has 0 aliphatic heterocycles. The molecule has 0 radical (unpaired) electrons. The molecule has 1 fully saturated rings. The summed E-state index contributed by atoms with van der Waals surface area (Å²) >= 11 is 0. The van der Waals surface area contributed by atoms with Crippen LogP contribution in [0.4, 0.5) is 4.79 Å². The van der Waals surface area contributed by atoms with E-state index in [4.69, 9.17) is 9.47 Å². The number of esters is 1. The third kappa shape index (κ3) is 5.71. The van der Waals surface area contributed by atoms with Crippen molar-refractivity contribution in [3.8, 4) is 0 Å². The van der Waals surface area contributed by atoms with Gasteiger partial charge in [0.05, 0.1) is 0 Å². The van der Waals surface area contributed by atoms with Gasteiger partial charge < -0.3 is 14.6 Å². The summed E-state index contributed by atoms with van der Waals surface area (Å²) < 4.78 is 10.6. The molecule has 1 aliphatic rings. The van der Waals surface area contributed by atoms with E-state index in [0.29, 0.717) is 12.8 Å². The maximum Gasteiger partial charge on any atom is 0.410 e. The summed E-state index contributed by atoms with van der Waals surface area (Å²) in [4.78, 5) is 37.8. The normalized spacial score (nSPS) is 15.7. The van der Waals surface area contributed by atoms with E-state index in [0.717, 1.165) is 18.4 Å². The molecule has 7 nitrogen and oxygen atoms in total. The van der Waals surface area contributed by atoms with Crippen molar-refractivity contribution >= 4 is 18.0 Å². The van der Waals surface area contributed by atoms with Crippen LogP contribution in [0.15, 0.2) is 30.3 Å². The van der Waals surface area contributed by atoms with Gasteiger partial charge in [-0.1, -0.05) is 43.2 Å². The minimum Gasteiger partial charge on any atom is -0.481 e. The molecule has 1 aromatic carbocycles. The fraction of sp³-hybridized carbons (Fsp3) is 0.571. The van der Waals surface area contributed by atoms with Crippen molar-refractivity contribution in [2.24, 2.45) is 5.41 Å². The summed E-state index contributed by atoms with van der Waals surface area (Å²) in [7, 11) is 0. The number of carboxylic acid groups (broad SMARTS) is 1. The molecule has 1 aromatic rings. The van der Waals surface area contributed by atoms with Gasteiger partial charge in [-0.2, -0.15) is 0 Å². The molecule has 0 atom stereocenters. The van der Waals surface area contributed by atoms with Gasteiger partial charge in [0, 0.05) is 5.54 Å². The maximum absolute atomic E-state index is 12.6. The summed E-state index contributed by atoms with van der Waals surface area (Å²) in [5.41, 5.74) is -0.854. The zero-order valence-electron chi connectivity index (χ0n) is 16.8. The Morgan fingerprint density at radius 2 is 1.68 bits per heavy atom. The first kappa shape index (κ1) is 21.7. The Kier molecular flexibility index (Phi) is 7.05. The Balaban J connectivity index is 1.95. The van der Waals surface area contributed by atoms with Crippen molar-refractivity contribution in [3.05, 3.63) is 35.9 Å². The molecule has 7 heteroatoms. The van der Waals surface area contributed by atoms with E-state index in [1.165, 1.54) is 4.90 Å². The predicted octanol–water partition coefficient (Wildman–Crippen LogP) is 3.61. The molecule has 0 heterocycles. The number of carboxylic acids is 1. The second kappa shape index (κ2) is 9.08. The molecular formula is C21H29NO6. The van der Waals surface area contributed by atoms with Crippen LogP contribution in [-0.4, -0.2) is 46.7 Å². The monoisotopic (exact) mass is 391 g/mol. The van der Waals surface area contributed by atoms with Crippen molar-refractivity contribution in [3.63, 3.8) is 0 Å². The number of rotatable bonds is 7. The number of carbonyl (C=O) groups is 3. The zero-order chi connectivity index (χ0) is 20.8. The molecule has 1 aliphatic carbocycles. The van der Waals surface area contributed by atoms with Gasteiger partial charge in [0.15, 0.2) is 0 Å². The molecule has 28 heavy (non-hydrogen) atoms. The summed E-state index contributed by atoms with van der Waals surface area (Å²) in [6.45, 7) is 5.00. The highest BCUT2D eigenvalue weighted by Crippen LogP contribution is 2.38. The van der Waals surface area contributed by atoms with Gasteiger partial charge in [0.1, 0.15) is 25.2 Å². The lowest BCUT2D eigenvalue weighted by Crippen LogP contribution is -2.49. The number of benzene rings is 1. The highest BCUT2D eigenvalue weighted by atomic mass is 16.6. The van der Waals surface area contributed by atoms with Gasteiger partial charge in [-0.15, -0.1) is 0 Å². The molecule has 1 N–H and O–H groups in total. The standard InChI is InChI=1S/C21H29NO6/c1-20(2,3)22(13-17(23)27-14-16-9-5-4-6-10-16)19(26)28-15-21(18(24)25)11-7-8-12-21/h4-6,9-10H,7-8,11-15H2,1-3H3,(H,24,25). The lowest BCUT2D eigenvalue weighted by molar-refractivity contribution is -0.152. The molecule has 0 aromatic heterocycles. The molecule has 1 amide bonds. The third-order valence-corrected chi connectivity index (χ3v) is 5.05. The average molecular weight is 391 g/mol. The minimum absolute atomic E-state index is 0.120. The van der Waals surface area contributed by atoms with E-state index >= 15 is 0 Å². The Bertz CT molecular complexity index is 689. The van der Waals surface area contributed by atoms with E-state index in [9.17, 15) is 19.5 Å². The van der Waals surface area contributed by atoms with Crippen molar-refractivity contribution in [1.29, 1.82) is 0 Å². The molecule has 0 spiro atoms. The van der Waals surface area contributed by atoms with Gasteiger partial charge >= 0.3 is 18.0 Å². The number of hydrogen-bond donors (Lipinski definition) is 1. The maximum atomic E-state index is 12.6. The Labute approximate surface area is 165 Å². The number of nitrogens with zero attached hydrogens (tertiary/aromatic N) is 1. The van der Waals surface area contributed by atoms with Gasteiger partial charge in [0.25, 0.3) is 0 Å². The van der Waals surface area contributed by atoms with Crippen molar-refractivity contribution in [2.75, 3.05) is 13.2 Å². The van der Waals surface area contributed by atoms with Crippen LogP contribution < -0.4 is 0 Å². The third-order valence-electron chi connectivity index (χ3n) is 5.05. The van der Waals surface area contributed by atoms with Crippen LogP contribution in [0.3, 0.4) is 0 Å². The minimum atomic E-state index is -1.02. The number of hydrogen-bond acceptors (Lipinski definition) is 5. The highest BCUT2D eigenvalue weighted by Gasteiger charge is 2.43. The fourth-order valence-electron chi connectivity index (χ4n) is 3.24. The molecule has 0 bridgehead atoms. The van der Waals surface area contributed by atoms with E-state index in [1.54, 1.807) is 20.8 Å². The summed E-state index contributed by atoms with van der Waals surface area (Å²) in [6, 6.07) is 9.26. The van der Waals surface area contributed by atoms with Crippen LogP contribution in [0.5, 0.6) is 0 Å². The first-order valence-corrected chi connectivity index (χ1v) is 9.51. The van der Waals surface area contributed by atoms with Crippen LogP contribution in [0, 0.1) is 5.41 Å². The van der Waals surface area contributed by atoms with E-state index in [1.807, 2.05) is 30.3 Å². The number of amides is 1. The van der Waals surface area contributed by atoms with Crippen molar-refractivity contribution in [2.45, 2.75) is 58.6 Å². The molecule has 1 saturated carbocycles. The highest BCUT2D eigenvalue weighted by molar-refractivity contribution is 5.79. The quantitative estimate of drug-likeness (QED) is 0.714. The average Bonchev–Trinajstić information content (AvgIpc) is 3.13. The fourth-order valence-corrected chi connectivity index (χ4v) is 3.24. The summed E-state index contributed by atoms with van der Waals surface area (Å²) in [5, 5.41) is 9.52. The Hall–Kier alpha value is -2.57. The Morgan fingerprint density at radius 3 is 2.21 bits per heavy atom. The lowest BCUT2D eigenvalue weighted by Gasteiger charge is -2.35. The summed E-state index contributed by atoms with van der Waals surface area (Å²) in [6.07, 6.45) is 1.88. The Morgan fingerprint density at radius 1 is 1.07 bits per heavy atom. The van der Waals surface area contributed by atoms with E-state index in [2.05, 4.69) is 0 Å². The molecule has 154 valence electrons. The van der Waals surface area contributed by atoms with Crippen LogP contribution in [0.25, 0.3) is 0 Å². The predicted molar refractivity (Wildman–Crippen MR) is 103 cm³/mol. The summed E-state index contributed by atoms with van der Waals surface area (Å²) in [5.74, 6) is -1.49. The van der Waals surface area contributed by atoms with E-state index in [-0.39, 0.29) is 19.8 Å². The number of aliphatic carboxylic acids is 1. The van der Waals surface area contributed by atoms with Crippen LogP contribution in [0.1, 0.15) is 52.0 Å². The number of ether oxygens (including phenoxy) is 2. The van der Waals surface area contributed by atoms with Crippen molar-refractivity contribution in [1.82, 2.24) is 4.90 Å². The molecule has 0 unspecified atom stereocenters. The first-order chi connectivity index (χ1) is 13.1. The van der Waals surface area contributed by atoms with Gasteiger partial charge in [-0.05, 0) is 39.2 Å². The van der Waals surface area contributed by atoms with Crippen LogP contribution in [0.2, 0.25) is 0 Å². The molecule has 0 saturated heterocycles. The van der Waals surface area contributed by atoms with Gasteiger partial charge in [0.2, 0.25) is 0 Å². The van der Waals surface area contributed by atoms with Gasteiger partial charge in [-0.3, -0.25) is 14.5 Å². The first-order valence-electron chi connectivity index (χ1n) is 9.51. The number of carbonyl (C=O) groups excluding carboxylic acids is 2. The van der Waals surface area contributed by atoms with Crippen molar-refractivity contribution < 1.29 is 29.0 Å². The molecule has 2 rings (SSSR count). The smallest absolute Gasteiger partial charge is 0.410 e. The van der Waals surface area contributed by atoms with Crippen LogP contribution >= 0.6 is 0 Å². The second-order valence-electron chi connectivity index (χ2n) is 8.25. The van der Waals surface area contributed by atoms with Crippen LogP contribution in [-0.2, 0) is 25.7 Å². The SMILES string of the molecule is CC(C)(C)N(CC(=O)OCc1ccccc1)C(=O)OCC1(C(=O)O)CCCC1. The topological polar surface area (TPSA) is 93.1 Å². The lowest BCUT2D eigenvalue weighted by atomic mass is 9.87. The van der Waals surface area contributed by atoms with Gasteiger partial charge in [-0.25, -0.2) is 4.79 Å². The second-order valence-corrected chi connectivity index (χ2v) is 8.25. The van der Waals surface area contributed by atoms with E-state index < -0.39 is 29.0 Å².